The van der Waals surface area contributed by atoms with Gasteiger partial charge in [-0.05, 0) is 46.6 Å². The van der Waals surface area contributed by atoms with E-state index in [0.29, 0.717) is 31.7 Å². The van der Waals surface area contributed by atoms with Crippen molar-refractivity contribution >= 4 is 29.7 Å². The van der Waals surface area contributed by atoms with Crippen LogP contribution in [0.15, 0.2) is 36.4 Å². The minimum atomic E-state index is -1.86. The molecule has 0 bridgehead atoms. The predicted molar refractivity (Wildman–Crippen MR) is 141 cm³/mol. The SMILES string of the molecule is CCCC(C)(C)OOC(=O)c1c(C(=O)c2ccccc2)cc(C(=O)O)c(C(=O)O)c1C(=O)OOC(C)(C)CCC. The van der Waals surface area contributed by atoms with E-state index in [0.717, 1.165) is 0 Å². The average molecular weight is 559 g/mol. The van der Waals surface area contributed by atoms with Gasteiger partial charge in [0.25, 0.3) is 0 Å². The lowest BCUT2D eigenvalue weighted by Gasteiger charge is -2.24. The van der Waals surface area contributed by atoms with Crippen molar-refractivity contribution in [3.05, 3.63) is 69.8 Å². The Balaban J connectivity index is 2.86. The molecule has 0 aliphatic carbocycles. The molecule has 216 valence electrons. The van der Waals surface area contributed by atoms with Crippen LogP contribution in [-0.4, -0.2) is 51.1 Å². The largest absolute Gasteiger partial charge is 0.478 e. The summed E-state index contributed by atoms with van der Waals surface area (Å²) in [4.78, 5) is 85.2. The number of carbonyl (C=O) groups is 5. The standard InChI is InChI=1S/C29H34O11/c1-7-14-28(3,4)39-37-26(35)21-18(23(30)17-12-10-9-11-13-17)16-19(24(31)32)20(25(33)34)22(21)27(36)38-40-29(5,6)15-8-2/h9-13,16H,7-8,14-15H2,1-6H3,(H,31,32)(H,33,34). The second-order valence-electron chi connectivity index (χ2n) is 10.3. The van der Waals surface area contributed by atoms with E-state index < -0.39 is 68.7 Å². The average Bonchev–Trinajstić information content (AvgIpc) is 2.89. The summed E-state index contributed by atoms with van der Waals surface area (Å²) in [5.41, 5.74) is -6.42. The summed E-state index contributed by atoms with van der Waals surface area (Å²) >= 11 is 0. The summed E-state index contributed by atoms with van der Waals surface area (Å²) in [5.74, 6) is -7.41. The number of benzene rings is 2. The van der Waals surface area contributed by atoms with E-state index in [-0.39, 0.29) is 5.56 Å². The zero-order valence-corrected chi connectivity index (χ0v) is 23.4. The van der Waals surface area contributed by atoms with Crippen molar-refractivity contribution in [1.82, 2.24) is 0 Å². The first kappa shape index (κ1) is 32.1. The number of hydrogen-bond acceptors (Lipinski definition) is 9. The number of rotatable bonds is 14. The van der Waals surface area contributed by atoms with E-state index in [1.165, 1.54) is 24.3 Å². The molecule has 0 heterocycles. The molecule has 2 aromatic rings. The molecule has 0 unspecified atom stereocenters. The Kier molecular flexibility index (Phi) is 10.7. The number of carboxylic acid groups (broad SMARTS) is 2. The van der Waals surface area contributed by atoms with E-state index in [4.69, 9.17) is 19.6 Å². The number of ketones is 1. The Morgan fingerprint density at radius 3 is 1.57 bits per heavy atom. The van der Waals surface area contributed by atoms with Gasteiger partial charge >= 0.3 is 23.9 Å². The summed E-state index contributed by atoms with van der Waals surface area (Å²) in [6.07, 6.45) is 2.22. The van der Waals surface area contributed by atoms with Crippen molar-refractivity contribution in [3.8, 4) is 0 Å². The Labute approximate surface area is 231 Å². The molecule has 0 aliphatic heterocycles. The highest BCUT2D eigenvalue weighted by molar-refractivity contribution is 6.22. The molecule has 0 saturated carbocycles. The maximum Gasteiger partial charge on any atom is 0.374 e. The van der Waals surface area contributed by atoms with Crippen molar-refractivity contribution in [2.24, 2.45) is 0 Å². The van der Waals surface area contributed by atoms with Gasteiger partial charge in [-0.15, -0.1) is 0 Å². The zero-order chi connectivity index (χ0) is 30.3. The summed E-state index contributed by atoms with van der Waals surface area (Å²) in [7, 11) is 0. The quantitative estimate of drug-likeness (QED) is 0.167. The lowest BCUT2D eigenvalue weighted by molar-refractivity contribution is -0.309. The summed E-state index contributed by atoms with van der Waals surface area (Å²) < 4.78 is 0. The minimum absolute atomic E-state index is 0.0304. The fourth-order valence-corrected chi connectivity index (χ4v) is 4.09. The van der Waals surface area contributed by atoms with Gasteiger partial charge in [-0.3, -0.25) is 14.6 Å². The van der Waals surface area contributed by atoms with E-state index in [2.05, 4.69) is 0 Å². The first-order valence-corrected chi connectivity index (χ1v) is 12.7. The van der Waals surface area contributed by atoms with Crippen LogP contribution in [0.3, 0.4) is 0 Å². The van der Waals surface area contributed by atoms with Gasteiger partial charge in [0, 0.05) is 11.1 Å². The summed E-state index contributed by atoms with van der Waals surface area (Å²) in [6, 6.07) is 8.21. The molecule has 2 aromatic carbocycles. The van der Waals surface area contributed by atoms with E-state index >= 15 is 0 Å². The summed E-state index contributed by atoms with van der Waals surface area (Å²) in [5, 5.41) is 19.8. The van der Waals surface area contributed by atoms with Crippen LogP contribution in [0.1, 0.15) is 125 Å². The van der Waals surface area contributed by atoms with Gasteiger partial charge in [0.15, 0.2) is 5.78 Å². The van der Waals surface area contributed by atoms with Crippen LogP contribution in [0.5, 0.6) is 0 Å². The van der Waals surface area contributed by atoms with Gasteiger partial charge in [-0.25, -0.2) is 19.2 Å². The Morgan fingerprint density at radius 1 is 0.675 bits per heavy atom. The molecule has 11 heteroatoms. The first-order valence-electron chi connectivity index (χ1n) is 12.7. The third kappa shape index (κ3) is 7.96. The molecule has 0 aliphatic rings. The van der Waals surface area contributed by atoms with Crippen LogP contribution < -0.4 is 0 Å². The van der Waals surface area contributed by atoms with E-state index in [1.54, 1.807) is 33.8 Å². The molecule has 0 atom stereocenters. The molecule has 0 aromatic heterocycles. The number of aromatic carboxylic acids is 2. The molecule has 40 heavy (non-hydrogen) atoms. The van der Waals surface area contributed by atoms with Gasteiger partial charge < -0.3 is 10.2 Å². The van der Waals surface area contributed by atoms with Crippen molar-refractivity contribution < 1.29 is 53.7 Å². The fourth-order valence-electron chi connectivity index (χ4n) is 4.09. The molecular formula is C29H34O11. The fraction of sp³-hybridized carbons (Fsp3) is 0.414. The third-order valence-corrected chi connectivity index (χ3v) is 5.85. The van der Waals surface area contributed by atoms with Gasteiger partial charge in [-0.1, -0.05) is 57.0 Å². The maximum absolute atomic E-state index is 13.5. The molecule has 11 nitrogen and oxygen atoms in total. The van der Waals surface area contributed by atoms with Gasteiger partial charge in [-0.2, -0.15) is 9.78 Å². The van der Waals surface area contributed by atoms with Crippen molar-refractivity contribution in [2.75, 3.05) is 0 Å². The molecule has 0 radical (unpaired) electrons. The van der Waals surface area contributed by atoms with E-state index in [1.807, 2.05) is 13.8 Å². The van der Waals surface area contributed by atoms with Crippen molar-refractivity contribution in [2.45, 2.75) is 78.4 Å². The highest BCUT2D eigenvalue weighted by Crippen LogP contribution is 2.30. The highest BCUT2D eigenvalue weighted by Gasteiger charge is 2.38. The highest BCUT2D eigenvalue weighted by atomic mass is 17.2. The second-order valence-corrected chi connectivity index (χ2v) is 10.3. The van der Waals surface area contributed by atoms with Gasteiger partial charge in [0.1, 0.15) is 11.2 Å². The van der Waals surface area contributed by atoms with Crippen LogP contribution in [0, 0.1) is 0 Å². The predicted octanol–water partition coefficient (Wildman–Crippen LogP) is 5.65. The molecule has 2 N–H and O–H groups in total. The van der Waals surface area contributed by atoms with Crippen LogP contribution in [0.4, 0.5) is 0 Å². The molecule has 0 fully saturated rings. The van der Waals surface area contributed by atoms with Crippen molar-refractivity contribution in [3.63, 3.8) is 0 Å². The molecule has 0 saturated heterocycles. The van der Waals surface area contributed by atoms with Crippen LogP contribution in [0.2, 0.25) is 0 Å². The van der Waals surface area contributed by atoms with Gasteiger partial charge in [0.05, 0.1) is 22.3 Å². The Hall–Kier alpha value is -4.09. The maximum atomic E-state index is 13.5. The lowest BCUT2D eigenvalue weighted by Crippen LogP contribution is -2.30. The smallest absolute Gasteiger partial charge is 0.374 e. The minimum Gasteiger partial charge on any atom is -0.478 e. The molecular weight excluding hydrogens is 524 g/mol. The monoisotopic (exact) mass is 558 g/mol. The lowest BCUT2D eigenvalue weighted by atomic mass is 9.88. The van der Waals surface area contributed by atoms with E-state index in [9.17, 15) is 34.2 Å². The van der Waals surface area contributed by atoms with Crippen molar-refractivity contribution in [1.29, 1.82) is 0 Å². The second kappa shape index (κ2) is 13.3. The Morgan fingerprint density at radius 2 is 1.15 bits per heavy atom. The van der Waals surface area contributed by atoms with Crippen LogP contribution in [0.25, 0.3) is 0 Å². The van der Waals surface area contributed by atoms with Crippen LogP contribution in [-0.2, 0) is 19.6 Å². The first-order chi connectivity index (χ1) is 18.7. The van der Waals surface area contributed by atoms with Crippen LogP contribution >= 0.6 is 0 Å². The summed E-state index contributed by atoms with van der Waals surface area (Å²) in [6.45, 7) is 10.2. The molecule has 0 spiro atoms. The normalized spacial score (nSPS) is 11.6. The van der Waals surface area contributed by atoms with Gasteiger partial charge in [0.2, 0.25) is 0 Å². The Bertz CT molecular complexity index is 1280. The zero-order valence-electron chi connectivity index (χ0n) is 23.4. The number of carboxylic acids is 2. The topological polar surface area (TPSA) is 163 Å². The number of hydrogen-bond donors (Lipinski definition) is 2. The third-order valence-electron chi connectivity index (χ3n) is 5.85. The molecule has 2 rings (SSSR count). The number of carbonyl (C=O) groups excluding carboxylic acids is 3. The molecule has 0 amide bonds.